The third-order valence-corrected chi connectivity index (χ3v) is 5.75. The minimum Gasteiger partial charge on any atom is -0.493 e. The van der Waals surface area contributed by atoms with Crippen LogP contribution in [0.3, 0.4) is 0 Å². The van der Waals surface area contributed by atoms with Gasteiger partial charge in [-0.25, -0.2) is 0 Å². The van der Waals surface area contributed by atoms with Crippen molar-refractivity contribution in [3.8, 4) is 11.5 Å². The van der Waals surface area contributed by atoms with Crippen LogP contribution in [0, 0.1) is 0 Å². The van der Waals surface area contributed by atoms with Gasteiger partial charge in [0.2, 0.25) is 0 Å². The summed E-state index contributed by atoms with van der Waals surface area (Å²) in [4.78, 5) is 15.1. The number of carboxylic acid groups (broad SMARTS) is 1. The third-order valence-electron chi connectivity index (χ3n) is 5.46. The lowest BCUT2D eigenvalue weighted by molar-refractivity contribution is -0.139. The SMILES string of the molecule is COc1cc(CNC(Cc2c[nH]c3ccccc23)C(=O)O)cc(Cl)c1OCc1ccccc1. The molecule has 3 N–H and O–H groups in total. The van der Waals surface area contributed by atoms with Crippen LogP contribution in [0.25, 0.3) is 10.9 Å². The van der Waals surface area contributed by atoms with Gasteiger partial charge in [-0.05, 0) is 34.9 Å². The number of H-pyrrole nitrogens is 1. The van der Waals surface area contributed by atoms with E-state index in [1.54, 1.807) is 13.2 Å². The van der Waals surface area contributed by atoms with Crippen LogP contribution >= 0.6 is 11.6 Å². The van der Waals surface area contributed by atoms with Crippen molar-refractivity contribution in [1.82, 2.24) is 10.3 Å². The second kappa shape index (κ2) is 10.4. The van der Waals surface area contributed by atoms with Gasteiger partial charge in [-0.15, -0.1) is 0 Å². The number of hydrogen-bond acceptors (Lipinski definition) is 4. The maximum Gasteiger partial charge on any atom is 0.321 e. The fourth-order valence-electron chi connectivity index (χ4n) is 3.75. The topological polar surface area (TPSA) is 83.6 Å². The second-order valence-electron chi connectivity index (χ2n) is 7.72. The van der Waals surface area contributed by atoms with Gasteiger partial charge in [0.05, 0.1) is 12.1 Å². The van der Waals surface area contributed by atoms with Crippen molar-refractivity contribution in [2.75, 3.05) is 7.11 Å². The lowest BCUT2D eigenvalue weighted by atomic mass is 10.0. The van der Waals surface area contributed by atoms with E-state index >= 15 is 0 Å². The van der Waals surface area contributed by atoms with Crippen molar-refractivity contribution in [2.24, 2.45) is 0 Å². The number of aromatic nitrogens is 1. The molecular formula is C26H25ClN2O4. The zero-order valence-corrected chi connectivity index (χ0v) is 18.9. The average Bonchev–Trinajstić information content (AvgIpc) is 3.24. The van der Waals surface area contributed by atoms with Crippen LogP contribution in [0.5, 0.6) is 11.5 Å². The van der Waals surface area contributed by atoms with E-state index in [0.717, 1.165) is 27.6 Å². The van der Waals surface area contributed by atoms with Gasteiger partial charge in [0.15, 0.2) is 11.5 Å². The van der Waals surface area contributed by atoms with E-state index in [4.69, 9.17) is 21.1 Å². The molecule has 33 heavy (non-hydrogen) atoms. The molecular weight excluding hydrogens is 440 g/mol. The highest BCUT2D eigenvalue weighted by Crippen LogP contribution is 2.37. The summed E-state index contributed by atoms with van der Waals surface area (Å²) >= 11 is 6.48. The Kier molecular flexibility index (Phi) is 7.17. The van der Waals surface area contributed by atoms with Crippen LogP contribution < -0.4 is 14.8 Å². The number of ether oxygens (including phenoxy) is 2. The first-order valence-corrected chi connectivity index (χ1v) is 11.0. The van der Waals surface area contributed by atoms with Crippen LogP contribution in [0.15, 0.2) is 72.9 Å². The van der Waals surface area contributed by atoms with Crippen LogP contribution in [0.2, 0.25) is 5.02 Å². The third kappa shape index (κ3) is 5.48. The maximum atomic E-state index is 11.9. The number of halogens is 1. The number of carboxylic acids is 1. The number of nitrogens with one attached hydrogen (secondary N) is 2. The number of rotatable bonds is 10. The summed E-state index contributed by atoms with van der Waals surface area (Å²) in [5.41, 5.74) is 3.75. The van der Waals surface area contributed by atoms with Gasteiger partial charge in [0, 0.05) is 30.1 Å². The van der Waals surface area contributed by atoms with Gasteiger partial charge < -0.3 is 24.9 Å². The van der Waals surface area contributed by atoms with E-state index in [0.29, 0.717) is 36.1 Å². The number of fused-ring (bicyclic) bond motifs is 1. The zero-order chi connectivity index (χ0) is 23.2. The molecule has 1 aromatic heterocycles. The molecule has 4 aromatic rings. The second-order valence-corrected chi connectivity index (χ2v) is 8.13. The molecule has 3 aromatic carbocycles. The molecule has 0 radical (unpaired) electrons. The van der Waals surface area contributed by atoms with Crippen LogP contribution in [0.4, 0.5) is 0 Å². The molecule has 0 aliphatic carbocycles. The fraction of sp³-hybridized carbons (Fsp3) is 0.192. The highest BCUT2D eigenvalue weighted by atomic mass is 35.5. The minimum atomic E-state index is -0.916. The quantitative estimate of drug-likeness (QED) is 0.300. The van der Waals surface area contributed by atoms with Crippen molar-refractivity contribution in [2.45, 2.75) is 25.6 Å². The highest BCUT2D eigenvalue weighted by Gasteiger charge is 2.20. The maximum absolute atomic E-state index is 11.9. The molecule has 1 heterocycles. The first kappa shape index (κ1) is 22.7. The van der Waals surface area contributed by atoms with Crippen LogP contribution in [0.1, 0.15) is 16.7 Å². The first-order valence-electron chi connectivity index (χ1n) is 10.6. The predicted molar refractivity (Wildman–Crippen MR) is 129 cm³/mol. The molecule has 170 valence electrons. The monoisotopic (exact) mass is 464 g/mol. The van der Waals surface area contributed by atoms with Crippen molar-refractivity contribution < 1.29 is 19.4 Å². The number of methoxy groups -OCH3 is 1. The number of aliphatic carboxylic acids is 1. The molecule has 7 heteroatoms. The number of benzene rings is 3. The van der Waals surface area contributed by atoms with Crippen molar-refractivity contribution in [3.63, 3.8) is 0 Å². The normalized spacial score (nSPS) is 11.9. The minimum absolute atomic E-state index is 0.314. The Hall–Kier alpha value is -3.48. The number of aromatic amines is 1. The lowest BCUT2D eigenvalue weighted by Gasteiger charge is -2.17. The molecule has 4 rings (SSSR count). The Bertz CT molecular complexity index is 1240. The Labute approximate surface area is 197 Å². The Morgan fingerprint density at radius 1 is 1.09 bits per heavy atom. The highest BCUT2D eigenvalue weighted by molar-refractivity contribution is 6.32. The van der Waals surface area contributed by atoms with Gasteiger partial charge in [-0.1, -0.05) is 60.1 Å². The van der Waals surface area contributed by atoms with Gasteiger partial charge in [-0.2, -0.15) is 0 Å². The number of hydrogen-bond donors (Lipinski definition) is 3. The van der Waals surface area contributed by atoms with E-state index in [9.17, 15) is 9.90 Å². The summed E-state index contributed by atoms with van der Waals surface area (Å²) in [5, 5.41) is 14.3. The van der Waals surface area contributed by atoms with Crippen molar-refractivity contribution in [1.29, 1.82) is 0 Å². The molecule has 0 fully saturated rings. The molecule has 0 aliphatic rings. The molecule has 0 spiro atoms. The summed E-state index contributed by atoms with van der Waals surface area (Å²) in [5.74, 6) is 0.0419. The Morgan fingerprint density at radius 3 is 2.61 bits per heavy atom. The molecule has 0 saturated heterocycles. The Morgan fingerprint density at radius 2 is 1.85 bits per heavy atom. The summed E-state index contributed by atoms with van der Waals surface area (Å²) in [7, 11) is 1.55. The fourth-order valence-corrected chi connectivity index (χ4v) is 4.04. The molecule has 0 bridgehead atoms. The molecule has 0 aliphatic heterocycles. The average molecular weight is 465 g/mol. The summed E-state index contributed by atoms with van der Waals surface area (Å²) in [6, 6.07) is 20.4. The molecule has 0 amide bonds. The Balaban J connectivity index is 1.45. The van der Waals surface area contributed by atoms with Crippen molar-refractivity contribution >= 4 is 28.5 Å². The van der Waals surface area contributed by atoms with E-state index in [1.807, 2.05) is 66.9 Å². The van der Waals surface area contributed by atoms with Crippen LogP contribution in [-0.4, -0.2) is 29.2 Å². The smallest absolute Gasteiger partial charge is 0.321 e. The van der Waals surface area contributed by atoms with Gasteiger partial charge in [0.1, 0.15) is 12.6 Å². The lowest BCUT2D eigenvalue weighted by Crippen LogP contribution is -2.38. The molecule has 6 nitrogen and oxygen atoms in total. The van der Waals surface area contributed by atoms with Crippen LogP contribution in [-0.2, 0) is 24.4 Å². The summed E-state index contributed by atoms with van der Waals surface area (Å²) in [6.07, 6.45) is 2.21. The number of para-hydroxylation sites is 1. The van der Waals surface area contributed by atoms with Gasteiger partial charge in [-0.3, -0.25) is 4.79 Å². The first-order chi connectivity index (χ1) is 16.0. The summed E-state index contributed by atoms with van der Waals surface area (Å²) < 4.78 is 11.4. The van der Waals surface area contributed by atoms with E-state index in [2.05, 4.69) is 10.3 Å². The van der Waals surface area contributed by atoms with Gasteiger partial charge >= 0.3 is 5.97 Å². The standard InChI is InChI=1S/C26H25ClN2O4/c1-32-24-12-18(11-21(27)25(24)33-16-17-7-3-2-4-8-17)14-28-23(26(30)31)13-19-15-29-22-10-6-5-9-20(19)22/h2-12,15,23,28-29H,13-14,16H2,1H3,(H,30,31). The summed E-state index contributed by atoms with van der Waals surface area (Å²) in [6.45, 7) is 0.675. The molecule has 1 atom stereocenters. The molecule has 0 saturated carbocycles. The van der Waals surface area contributed by atoms with E-state index in [1.165, 1.54) is 0 Å². The predicted octanol–water partition coefficient (Wildman–Crippen LogP) is 5.19. The van der Waals surface area contributed by atoms with Crippen molar-refractivity contribution in [3.05, 3.63) is 94.6 Å². The van der Waals surface area contributed by atoms with E-state index in [-0.39, 0.29) is 0 Å². The zero-order valence-electron chi connectivity index (χ0n) is 18.2. The molecule has 1 unspecified atom stereocenters. The largest absolute Gasteiger partial charge is 0.493 e. The van der Waals surface area contributed by atoms with Gasteiger partial charge in [0.25, 0.3) is 0 Å². The van der Waals surface area contributed by atoms with E-state index < -0.39 is 12.0 Å². The number of carbonyl (C=O) groups is 1.